The quantitative estimate of drug-likeness (QED) is 0.251. The van der Waals surface area contributed by atoms with Crippen LogP contribution in [0.15, 0.2) is 48.5 Å². The number of carboxylic acid groups (broad SMARTS) is 1. The third-order valence-electron chi connectivity index (χ3n) is 13.4. The van der Waals surface area contributed by atoms with E-state index in [9.17, 15) is 24.6 Å². The molecule has 49 heavy (non-hydrogen) atoms. The van der Waals surface area contributed by atoms with Gasteiger partial charge >= 0.3 is 17.9 Å². The van der Waals surface area contributed by atoms with Crippen molar-refractivity contribution in [3.8, 4) is 11.5 Å². The fourth-order valence-corrected chi connectivity index (χ4v) is 10.8. The average Bonchev–Trinajstić information content (AvgIpc) is 3.46. The van der Waals surface area contributed by atoms with Gasteiger partial charge in [-0.3, -0.25) is 4.79 Å². The first-order valence-corrected chi connectivity index (χ1v) is 18.0. The summed E-state index contributed by atoms with van der Waals surface area (Å²) in [6.07, 6.45) is 4.79. The standard InChI is InChI=1S/C40H52O9/c1-23(6-17-35(42)43)30-15-16-31-36-32(22-34(40(30,31)3)49-38(45)25-9-13-29(47-5)14-10-25)39(2)19-18-27(41)20-26(39)21-33(36)48-37(44)24-7-11-28(46-4)12-8-24/h7-14,23,26-27,30-34,36,41H,6,15-22H2,1-5H3,(H,42,43)/t23-,26+,27-,30-,31+,32+,33-,34+,36+,39+,40-/m1/s1. The van der Waals surface area contributed by atoms with Crippen LogP contribution >= 0.6 is 0 Å². The summed E-state index contributed by atoms with van der Waals surface area (Å²) < 4.78 is 23.7. The van der Waals surface area contributed by atoms with E-state index in [2.05, 4.69) is 20.8 Å². The average molecular weight is 677 g/mol. The van der Waals surface area contributed by atoms with Crippen LogP contribution in [0.5, 0.6) is 11.5 Å². The largest absolute Gasteiger partial charge is 0.497 e. The SMILES string of the molecule is COc1ccc(C(=O)O[C@H]2C[C@H]3[C@@H]([C@H](OC(=O)c4ccc(OC)cc4)C[C@@H]4C[C@H](O)CC[C@@]43C)[C@@H]3CC[C@H]([C@H](C)CCC(=O)O)[C@@]23C)cc1. The third kappa shape index (κ3) is 6.55. The topological polar surface area (TPSA) is 129 Å². The maximum Gasteiger partial charge on any atom is 0.338 e. The molecular formula is C40H52O9. The summed E-state index contributed by atoms with van der Waals surface area (Å²) in [5, 5.41) is 20.4. The molecular weight excluding hydrogens is 624 g/mol. The summed E-state index contributed by atoms with van der Waals surface area (Å²) in [6, 6.07) is 13.9. The Morgan fingerprint density at radius 1 is 0.816 bits per heavy atom. The number of carbonyl (C=O) groups is 3. The third-order valence-corrected chi connectivity index (χ3v) is 13.4. The van der Waals surface area contributed by atoms with Crippen LogP contribution in [0.25, 0.3) is 0 Å². The van der Waals surface area contributed by atoms with E-state index >= 15 is 0 Å². The van der Waals surface area contributed by atoms with Crippen LogP contribution in [0.2, 0.25) is 0 Å². The van der Waals surface area contributed by atoms with Crippen LogP contribution in [0.3, 0.4) is 0 Å². The molecule has 0 bridgehead atoms. The van der Waals surface area contributed by atoms with Crippen LogP contribution in [-0.2, 0) is 14.3 Å². The van der Waals surface area contributed by atoms with E-state index in [-0.39, 0.29) is 65.4 Å². The number of aliphatic hydroxyl groups excluding tert-OH is 1. The van der Waals surface area contributed by atoms with Crippen molar-refractivity contribution >= 4 is 17.9 Å². The van der Waals surface area contributed by atoms with Gasteiger partial charge < -0.3 is 29.2 Å². The van der Waals surface area contributed by atoms with Gasteiger partial charge in [0.25, 0.3) is 0 Å². The van der Waals surface area contributed by atoms with Gasteiger partial charge in [-0.25, -0.2) is 9.59 Å². The van der Waals surface area contributed by atoms with E-state index in [0.29, 0.717) is 48.3 Å². The second-order valence-electron chi connectivity index (χ2n) is 15.6. The molecule has 4 aliphatic carbocycles. The summed E-state index contributed by atoms with van der Waals surface area (Å²) in [5.74, 6) is 0.370. The highest BCUT2D eigenvalue weighted by Crippen LogP contribution is 2.69. The number of fused-ring (bicyclic) bond motifs is 5. The van der Waals surface area contributed by atoms with Crippen molar-refractivity contribution in [2.24, 2.45) is 46.3 Å². The molecule has 9 heteroatoms. The van der Waals surface area contributed by atoms with Crippen LogP contribution in [0.4, 0.5) is 0 Å². The molecule has 0 amide bonds. The number of esters is 2. The van der Waals surface area contributed by atoms with Crippen molar-refractivity contribution in [1.29, 1.82) is 0 Å². The lowest BCUT2D eigenvalue weighted by Gasteiger charge is -2.64. The summed E-state index contributed by atoms with van der Waals surface area (Å²) in [7, 11) is 3.17. The van der Waals surface area contributed by atoms with Gasteiger partial charge in [0.1, 0.15) is 23.7 Å². The van der Waals surface area contributed by atoms with E-state index < -0.39 is 23.6 Å². The molecule has 0 spiro atoms. The van der Waals surface area contributed by atoms with Crippen LogP contribution in [0, 0.1) is 46.3 Å². The predicted molar refractivity (Wildman–Crippen MR) is 182 cm³/mol. The molecule has 0 unspecified atom stereocenters. The number of ether oxygens (including phenoxy) is 4. The molecule has 0 aliphatic heterocycles. The molecule has 2 aromatic rings. The molecule has 0 radical (unpaired) electrons. The van der Waals surface area contributed by atoms with Gasteiger partial charge in [-0.2, -0.15) is 0 Å². The van der Waals surface area contributed by atoms with Crippen molar-refractivity contribution < 1.29 is 43.5 Å². The second kappa shape index (κ2) is 14.0. The molecule has 4 saturated carbocycles. The van der Waals surface area contributed by atoms with Gasteiger partial charge in [0.15, 0.2) is 0 Å². The minimum atomic E-state index is -0.811. The van der Waals surface area contributed by atoms with Crippen molar-refractivity contribution in [3.63, 3.8) is 0 Å². The predicted octanol–water partition coefficient (Wildman–Crippen LogP) is 7.20. The monoisotopic (exact) mass is 676 g/mol. The number of rotatable bonds is 10. The molecule has 0 heterocycles. The Hall–Kier alpha value is -3.59. The van der Waals surface area contributed by atoms with Crippen molar-refractivity contribution in [3.05, 3.63) is 59.7 Å². The summed E-state index contributed by atoms with van der Waals surface area (Å²) in [6.45, 7) is 6.73. The zero-order valence-electron chi connectivity index (χ0n) is 29.4. The Kier molecular flexibility index (Phi) is 10.0. The smallest absolute Gasteiger partial charge is 0.338 e. The normalized spacial score (nSPS) is 35.6. The molecule has 6 rings (SSSR count). The molecule has 4 fully saturated rings. The van der Waals surface area contributed by atoms with E-state index in [0.717, 1.165) is 25.7 Å². The second-order valence-corrected chi connectivity index (χ2v) is 15.6. The van der Waals surface area contributed by atoms with Crippen molar-refractivity contribution in [2.75, 3.05) is 14.2 Å². The van der Waals surface area contributed by atoms with E-state index in [1.807, 2.05) is 0 Å². The van der Waals surface area contributed by atoms with Gasteiger partial charge in [-0.15, -0.1) is 0 Å². The number of benzene rings is 2. The van der Waals surface area contributed by atoms with Crippen molar-refractivity contribution in [2.45, 2.75) is 96.9 Å². The number of carbonyl (C=O) groups excluding carboxylic acids is 2. The van der Waals surface area contributed by atoms with Gasteiger partial charge in [0, 0.05) is 17.8 Å². The first-order chi connectivity index (χ1) is 23.4. The van der Waals surface area contributed by atoms with Crippen LogP contribution < -0.4 is 9.47 Å². The first-order valence-electron chi connectivity index (χ1n) is 18.0. The molecule has 2 N–H and O–H groups in total. The van der Waals surface area contributed by atoms with Crippen molar-refractivity contribution in [1.82, 2.24) is 0 Å². The Bertz CT molecular complexity index is 1500. The first kappa shape index (κ1) is 35.2. The van der Waals surface area contributed by atoms with E-state index in [1.54, 1.807) is 62.8 Å². The highest BCUT2D eigenvalue weighted by Gasteiger charge is 2.67. The highest BCUT2D eigenvalue weighted by atomic mass is 16.6. The molecule has 0 saturated heterocycles. The molecule has 266 valence electrons. The molecule has 9 nitrogen and oxygen atoms in total. The van der Waals surface area contributed by atoms with Crippen LogP contribution in [-0.4, -0.2) is 60.7 Å². The summed E-state index contributed by atoms with van der Waals surface area (Å²) in [4.78, 5) is 39.2. The minimum Gasteiger partial charge on any atom is -0.497 e. The Morgan fingerprint density at radius 3 is 1.98 bits per heavy atom. The molecule has 4 aliphatic rings. The van der Waals surface area contributed by atoms with Crippen LogP contribution in [0.1, 0.15) is 99.3 Å². The fourth-order valence-electron chi connectivity index (χ4n) is 10.8. The van der Waals surface area contributed by atoms with Gasteiger partial charge in [0.2, 0.25) is 0 Å². The zero-order valence-corrected chi connectivity index (χ0v) is 29.4. The number of carboxylic acids is 1. The Labute approximate surface area is 289 Å². The summed E-state index contributed by atoms with van der Waals surface area (Å²) >= 11 is 0. The Balaban J connectivity index is 1.38. The molecule has 2 aromatic carbocycles. The van der Waals surface area contributed by atoms with E-state index in [1.165, 1.54) is 0 Å². The number of aliphatic carboxylic acids is 1. The van der Waals surface area contributed by atoms with Gasteiger partial charge in [-0.1, -0.05) is 20.8 Å². The highest BCUT2D eigenvalue weighted by molar-refractivity contribution is 5.90. The zero-order chi connectivity index (χ0) is 35.1. The van der Waals surface area contributed by atoms with E-state index in [4.69, 9.17) is 18.9 Å². The maximum atomic E-state index is 13.9. The minimum absolute atomic E-state index is 0.0382. The number of hydrogen-bond donors (Lipinski definition) is 2. The Morgan fingerprint density at radius 2 is 1.41 bits per heavy atom. The lowest BCUT2D eigenvalue weighted by atomic mass is 9.43. The van der Waals surface area contributed by atoms with Gasteiger partial charge in [0.05, 0.1) is 31.5 Å². The maximum absolute atomic E-state index is 13.9. The van der Waals surface area contributed by atoms with Gasteiger partial charge in [-0.05, 0) is 135 Å². The number of hydrogen-bond acceptors (Lipinski definition) is 8. The lowest BCUT2D eigenvalue weighted by Crippen LogP contribution is -2.63. The summed E-state index contributed by atoms with van der Waals surface area (Å²) in [5.41, 5.74) is 0.345. The number of methoxy groups -OCH3 is 2. The lowest BCUT2D eigenvalue weighted by molar-refractivity contribution is -0.207. The number of aliphatic hydroxyl groups is 1. The fraction of sp³-hybridized carbons (Fsp3) is 0.625. The molecule has 11 atom stereocenters. The molecule has 0 aromatic heterocycles.